The molecule has 2 unspecified atom stereocenters. The molecule has 4 nitrogen and oxygen atoms in total. The number of furan rings is 1. The number of anilines is 1. The molecule has 0 bridgehead atoms. The van der Waals surface area contributed by atoms with Crippen LogP contribution in [0.15, 0.2) is 56.0 Å². The third-order valence-electron chi connectivity index (χ3n) is 4.63. The molecule has 1 aromatic heterocycles. The van der Waals surface area contributed by atoms with Crippen LogP contribution in [0.5, 0.6) is 5.75 Å². The summed E-state index contributed by atoms with van der Waals surface area (Å²) in [6.45, 7) is 5.78. The highest BCUT2D eigenvalue weighted by Gasteiger charge is 2.23. The summed E-state index contributed by atoms with van der Waals surface area (Å²) in [5, 5.41) is 4.74. The van der Waals surface area contributed by atoms with Gasteiger partial charge in [-0.1, -0.05) is 38.5 Å². The molecule has 3 rings (SSSR count). The maximum Gasteiger partial charge on any atom is 0.308 e. The highest BCUT2D eigenvalue weighted by molar-refractivity contribution is 9.11. The van der Waals surface area contributed by atoms with Crippen LogP contribution in [0.4, 0.5) is 5.69 Å². The second-order valence-electron chi connectivity index (χ2n) is 6.56. The zero-order chi connectivity index (χ0) is 19.6. The molecule has 1 heterocycles. The standard InChI is InChI=1S/C21H21Br2NO3/c1-4-12(2)20(16-11-26-19-8-6-5-7-15(16)19)24-14-9-17(22)21(18(23)10-14)27-13(3)25/h5-12,20,24H,4H2,1-3H3. The Kier molecular flexibility index (Phi) is 6.27. The van der Waals surface area contributed by atoms with Crippen molar-refractivity contribution in [1.82, 2.24) is 0 Å². The van der Waals surface area contributed by atoms with E-state index in [0.29, 0.717) is 20.6 Å². The molecule has 0 fully saturated rings. The van der Waals surface area contributed by atoms with E-state index in [2.05, 4.69) is 57.1 Å². The number of hydrogen-bond acceptors (Lipinski definition) is 4. The van der Waals surface area contributed by atoms with Crippen molar-refractivity contribution < 1.29 is 13.9 Å². The second-order valence-corrected chi connectivity index (χ2v) is 8.27. The lowest BCUT2D eigenvalue weighted by molar-refractivity contribution is -0.131. The topological polar surface area (TPSA) is 51.5 Å². The number of esters is 1. The highest BCUT2D eigenvalue weighted by Crippen LogP contribution is 2.40. The zero-order valence-electron chi connectivity index (χ0n) is 15.4. The average Bonchev–Trinajstić information content (AvgIpc) is 3.06. The number of para-hydroxylation sites is 1. The Morgan fingerprint density at radius 1 is 1.22 bits per heavy atom. The molecule has 2 aromatic carbocycles. The number of carbonyl (C=O) groups is 1. The van der Waals surface area contributed by atoms with E-state index in [1.165, 1.54) is 6.92 Å². The summed E-state index contributed by atoms with van der Waals surface area (Å²) in [6, 6.07) is 12.0. The van der Waals surface area contributed by atoms with E-state index in [1.54, 1.807) is 0 Å². The van der Waals surface area contributed by atoms with Gasteiger partial charge in [-0.25, -0.2) is 0 Å². The van der Waals surface area contributed by atoms with Crippen molar-refractivity contribution in [3.8, 4) is 5.75 Å². The Hall–Kier alpha value is -1.79. The second kappa shape index (κ2) is 8.48. The van der Waals surface area contributed by atoms with Gasteiger partial charge in [0, 0.05) is 23.6 Å². The van der Waals surface area contributed by atoms with Gasteiger partial charge in [-0.05, 0) is 56.0 Å². The lowest BCUT2D eigenvalue weighted by Gasteiger charge is -2.25. The van der Waals surface area contributed by atoms with Gasteiger partial charge in [0.05, 0.1) is 21.3 Å². The fourth-order valence-electron chi connectivity index (χ4n) is 3.07. The Labute approximate surface area is 175 Å². The number of rotatable bonds is 6. The van der Waals surface area contributed by atoms with Gasteiger partial charge in [-0.15, -0.1) is 0 Å². The highest BCUT2D eigenvalue weighted by atomic mass is 79.9. The number of carbonyl (C=O) groups excluding carboxylic acids is 1. The fraction of sp³-hybridized carbons (Fsp3) is 0.286. The van der Waals surface area contributed by atoms with E-state index in [-0.39, 0.29) is 12.0 Å². The number of ether oxygens (including phenoxy) is 1. The summed E-state index contributed by atoms with van der Waals surface area (Å²) < 4.78 is 12.4. The fourth-order valence-corrected chi connectivity index (χ4v) is 4.41. The molecular formula is C21H21Br2NO3. The lowest BCUT2D eigenvalue weighted by atomic mass is 9.92. The smallest absolute Gasteiger partial charge is 0.308 e. The SMILES string of the molecule is CCC(C)C(Nc1cc(Br)c(OC(C)=O)c(Br)c1)c1coc2ccccc12. The van der Waals surface area contributed by atoms with Crippen LogP contribution >= 0.6 is 31.9 Å². The van der Waals surface area contributed by atoms with Crippen molar-refractivity contribution in [2.45, 2.75) is 33.2 Å². The molecule has 6 heteroatoms. The molecular weight excluding hydrogens is 474 g/mol. The van der Waals surface area contributed by atoms with E-state index < -0.39 is 0 Å². The van der Waals surface area contributed by atoms with E-state index in [9.17, 15) is 4.79 Å². The van der Waals surface area contributed by atoms with Crippen molar-refractivity contribution in [3.63, 3.8) is 0 Å². The van der Waals surface area contributed by atoms with Crippen LogP contribution in [0.3, 0.4) is 0 Å². The van der Waals surface area contributed by atoms with E-state index >= 15 is 0 Å². The third-order valence-corrected chi connectivity index (χ3v) is 5.80. The maximum absolute atomic E-state index is 11.3. The van der Waals surface area contributed by atoms with Gasteiger partial charge in [0.2, 0.25) is 0 Å². The summed E-state index contributed by atoms with van der Waals surface area (Å²) in [6.07, 6.45) is 2.86. The van der Waals surface area contributed by atoms with Crippen LogP contribution < -0.4 is 10.1 Å². The van der Waals surface area contributed by atoms with Crippen molar-refractivity contribution in [3.05, 3.63) is 57.2 Å². The molecule has 0 aliphatic rings. The molecule has 0 aliphatic carbocycles. The molecule has 3 aromatic rings. The normalized spacial score (nSPS) is 13.4. The summed E-state index contributed by atoms with van der Waals surface area (Å²) in [4.78, 5) is 11.3. The van der Waals surface area contributed by atoms with Crippen LogP contribution in [0, 0.1) is 5.92 Å². The zero-order valence-corrected chi connectivity index (χ0v) is 18.6. The first-order valence-electron chi connectivity index (χ1n) is 8.80. The maximum atomic E-state index is 11.3. The Balaban J connectivity index is 1.97. The molecule has 1 N–H and O–H groups in total. The monoisotopic (exact) mass is 493 g/mol. The van der Waals surface area contributed by atoms with Gasteiger partial charge < -0.3 is 14.5 Å². The molecule has 2 atom stereocenters. The van der Waals surface area contributed by atoms with Crippen LogP contribution in [0.25, 0.3) is 11.0 Å². The molecule has 0 radical (unpaired) electrons. The molecule has 0 saturated carbocycles. The minimum absolute atomic E-state index is 0.0806. The summed E-state index contributed by atoms with van der Waals surface area (Å²) in [5.41, 5.74) is 2.94. The van der Waals surface area contributed by atoms with Gasteiger partial charge in [-0.3, -0.25) is 4.79 Å². The molecule has 27 heavy (non-hydrogen) atoms. The number of benzene rings is 2. The van der Waals surface area contributed by atoms with Crippen LogP contribution in [-0.4, -0.2) is 5.97 Å². The molecule has 142 valence electrons. The van der Waals surface area contributed by atoms with Crippen LogP contribution in [-0.2, 0) is 4.79 Å². The molecule has 0 saturated heterocycles. The lowest BCUT2D eigenvalue weighted by Crippen LogP contribution is -2.18. The number of fused-ring (bicyclic) bond motifs is 1. The summed E-state index contributed by atoms with van der Waals surface area (Å²) in [7, 11) is 0. The van der Waals surface area contributed by atoms with Crippen LogP contribution in [0.2, 0.25) is 0 Å². The van der Waals surface area contributed by atoms with Crippen molar-refractivity contribution in [1.29, 1.82) is 0 Å². The first kappa shape index (κ1) is 20.0. The molecule has 0 spiro atoms. The first-order chi connectivity index (χ1) is 12.9. The molecule has 0 aliphatic heterocycles. The predicted molar refractivity (Wildman–Crippen MR) is 115 cm³/mol. The van der Waals surface area contributed by atoms with E-state index in [0.717, 1.165) is 28.6 Å². The number of nitrogens with one attached hydrogen (secondary N) is 1. The first-order valence-corrected chi connectivity index (χ1v) is 10.4. The van der Waals surface area contributed by atoms with Gasteiger partial charge >= 0.3 is 5.97 Å². The molecule has 0 amide bonds. The van der Waals surface area contributed by atoms with Crippen molar-refractivity contribution in [2.75, 3.05) is 5.32 Å². The van der Waals surface area contributed by atoms with Crippen LogP contribution in [0.1, 0.15) is 38.8 Å². The van der Waals surface area contributed by atoms with Crippen molar-refractivity contribution in [2.24, 2.45) is 5.92 Å². The van der Waals surface area contributed by atoms with Crippen molar-refractivity contribution >= 4 is 54.5 Å². The minimum Gasteiger partial charge on any atom is -0.464 e. The Bertz CT molecular complexity index is 944. The van der Waals surface area contributed by atoms with Gasteiger partial charge in [0.1, 0.15) is 5.58 Å². The average molecular weight is 495 g/mol. The Morgan fingerprint density at radius 3 is 2.52 bits per heavy atom. The summed E-state index contributed by atoms with van der Waals surface area (Å²) >= 11 is 6.99. The summed E-state index contributed by atoms with van der Waals surface area (Å²) in [5.74, 6) is 0.498. The Morgan fingerprint density at radius 2 is 1.89 bits per heavy atom. The predicted octanol–water partition coefficient (Wildman–Crippen LogP) is 7.08. The van der Waals surface area contributed by atoms with E-state index in [4.69, 9.17) is 9.15 Å². The number of hydrogen-bond donors (Lipinski definition) is 1. The number of halogens is 2. The van der Waals surface area contributed by atoms with Gasteiger partial charge in [0.15, 0.2) is 5.75 Å². The quantitative estimate of drug-likeness (QED) is 0.293. The van der Waals surface area contributed by atoms with Gasteiger partial charge in [0.25, 0.3) is 0 Å². The largest absolute Gasteiger partial charge is 0.464 e. The van der Waals surface area contributed by atoms with E-state index in [1.807, 2.05) is 36.6 Å². The third kappa shape index (κ3) is 4.38. The van der Waals surface area contributed by atoms with Gasteiger partial charge in [-0.2, -0.15) is 0 Å². The minimum atomic E-state index is -0.362.